The van der Waals surface area contributed by atoms with Gasteiger partial charge in [-0.3, -0.25) is 0 Å². The van der Waals surface area contributed by atoms with Crippen LogP contribution in [-0.4, -0.2) is 24.1 Å². The lowest BCUT2D eigenvalue weighted by Gasteiger charge is -2.10. The minimum absolute atomic E-state index is 0.891. The maximum absolute atomic E-state index is 4.31. The highest BCUT2D eigenvalue weighted by Gasteiger charge is 1.97. The molecule has 0 aliphatic heterocycles. The Morgan fingerprint density at radius 2 is 2.18 bits per heavy atom. The first kappa shape index (κ1) is 7.98. The zero-order valence-electron chi connectivity index (χ0n) is 7.20. The molecule has 0 atom stereocenters. The van der Waals surface area contributed by atoms with Crippen molar-refractivity contribution in [3.05, 3.63) is 18.1 Å². The largest absolute Gasteiger partial charge is 0.363 e. The molecule has 1 aromatic rings. The Labute approximate surface area is 67.1 Å². The lowest BCUT2D eigenvalue weighted by Crippen LogP contribution is -2.11. The van der Waals surface area contributed by atoms with E-state index >= 15 is 0 Å². The van der Waals surface area contributed by atoms with E-state index in [9.17, 15) is 0 Å². The van der Waals surface area contributed by atoms with Crippen molar-refractivity contribution < 1.29 is 0 Å². The summed E-state index contributed by atoms with van der Waals surface area (Å²) in [5.74, 6) is 1.87. The fourth-order valence-corrected chi connectivity index (χ4v) is 0.808. The van der Waals surface area contributed by atoms with Crippen LogP contribution < -0.4 is 4.90 Å². The minimum Gasteiger partial charge on any atom is -0.363 e. The second-order valence-electron chi connectivity index (χ2n) is 2.58. The molecule has 0 saturated heterocycles. The number of aryl methyl sites for hydroxylation is 1. The van der Waals surface area contributed by atoms with Crippen molar-refractivity contribution >= 4 is 5.82 Å². The molecule has 0 unspecified atom stereocenters. The van der Waals surface area contributed by atoms with Gasteiger partial charge in [0.15, 0.2) is 0 Å². The second-order valence-corrected chi connectivity index (χ2v) is 2.58. The maximum atomic E-state index is 4.31. The average Bonchev–Trinajstić information content (AvgIpc) is 2.05. The van der Waals surface area contributed by atoms with E-state index in [0.29, 0.717) is 0 Å². The van der Waals surface area contributed by atoms with Crippen LogP contribution in [0.5, 0.6) is 0 Å². The van der Waals surface area contributed by atoms with Gasteiger partial charge < -0.3 is 4.90 Å². The summed E-state index contributed by atoms with van der Waals surface area (Å²) in [4.78, 5) is 10.4. The first-order valence-corrected chi connectivity index (χ1v) is 3.73. The van der Waals surface area contributed by atoms with Crippen LogP contribution in [0.25, 0.3) is 0 Å². The summed E-state index contributed by atoms with van der Waals surface area (Å²) >= 11 is 0. The van der Waals surface area contributed by atoms with Crippen molar-refractivity contribution in [1.29, 1.82) is 0 Å². The molecule has 1 rings (SSSR count). The standard InChI is InChI=1S/C8H13N3/c1-4-7-9-6-5-8(10-7)11(2)3/h5-6H,4H2,1-3H3. The van der Waals surface area contributed by atoms with Crippen LogP contribution >= 0.6 is 0 Å². The second kappa shape index (κ2) is 3.32. The van der Waals surface area contributed by atoms with Crippen molar-refractivity contribution in [1.82, 2.24) is 9.97 Å². The van der Waals surface area contributed by atoms with Gasteiger partial charge in [0.1, 0.15) is 11.6 Å². The normalized spacial score (nSPS) is 9.73. The van der Waals surface area contributed by atoms with Crippen molar-refractivity contribution in [2.75, 3.05) is 19.0 Å². The summed E-state index contributed by atoms with van der Waals surface area (Å²) in [6, 6.07) is 1.90. The smallest absolute Gasteiger partial charge is 0.131 e. The van der Waals surface area contributed by atoms with Gasteiger partial charge >= 0.3 is 0 Å². The number of hydrogen-bond acceptors (Lipinski definition) is 3. The molecular formula is C8H13N3. The summed E-state index contributed by atoms with van der Waals surface area (Å²) < 4.78 is 0. The van der Waals surface area contributed by atoms with Crippen LogP contribution in [0.4, 0.5) is 5.82 Å². The van der Waals surface area contributed by atoms with E-state index in [2.05, 4.69) is 16.9 Å². The van der Waals surface area contributed by atoms with Gasteiger partial charge in [0.25, 0.3) is 0 Å². The number of nitrogens with zero attached hydrogens (tertiary/aromatic N) is 3. The molecule has 0 aliphatic rings. The van der Waals surface area contributed by atoms with E-state index in [1.165, 1.54) is 0 Å². The molecule has 0 spiro atoms. The Morgan fingerprint density at radius 3 is 2.73 bits per heavy atom. The van der Waals surface area contributed by atoms with Crippen LogP contribution in [0.2, 0.25) is 0 Å². The molecule has 60 valence electrons. The molecule has 0 amide bonds. The Bertz CT molecular complexity index is 233. The quantitative estimate of drug-likeness (QED) is 0.634. The number of hydrogen-bond donors (Lipinski definition) is 0. The summed E-state index contributed by atoms with van der Waals surface area (Å²) in [6.45, 7) is 2.05. The Balaban J connectivity index is 2.91. The SMILES string of the molecule is CCc1nccc(N(C)C)n1. The monoisotopic (exact) mass is 151 g/mol. The third-order valence-corrected chi connectivity index (χ3v) is 1.47. The van der Waals surface area contributed by atoms with Gasteiger partial charge in [0.05, 0.1) is 0 Å². The summed E-state index contributed by atoms with van der Waals surface area (Å²) in [5, 5.41) is 0. The molecule has 0 bridgehead atoms. The molecule has 11 heavy (non-hydrogen) atoms. The lowest BCUT2D eigenvalue weighted by molar-refractivity contribution is 0.916. The van der Waals surface area contributed by atoms with E-state index in [0.717, 1.165) is 18.1 Å². The fourth-order valence-electron chi connectivity index (χ4n) is 0.808. The first-order valence-electron chi connectivity index (χ1n) is 3.73. The van der Waals surface area contributed by atoms with E-state index in [1.54, 1.807) is 6.20 Å². The number of aromatic nitrogens is 2. The highest BCUT2D eigenvalue weighted by Crippen LogP contribution is 2.04. The summed E-state index contributed by atoms with van der Waals surface area (Å²) in [7, 11) is 3.95. The zero-order valence-corrected chi connectivity index (χ0v) is 7.20. The Hall–Kier alpha value is -1.12. The molecular weight excluding hydrogens is 138 g/mol. The van der Waals surface area contributed by atoms with Crippen LogP contribution in [-0.2, 0) is 6.42 Å². The highest BCUT2D eigenvalue weighted by molar-refractivity contribution is 5.34. The zero-order chi connectivity index (χ0) is 8.27. The van der Waals surface area contributed by atoms with Crippen LogP contribution in [0.1, 0.15) is 12.7 Å². The predicted octanol–water partition coefficient (Wildman–Crippen LogP) is 1.10. The third kappa shape index (κ3) is 1.90. The molecule has 0 radical (unpaired) electrons. The van der Waals surface area contributed by atoms with E-state index in [-0.39, 0.29) is 0 Å². The van der Waals surface area contributed by atoms with Crippen molar-refractivity contribution in [2.45, 2.75) is 13.3 Å². The third-order valence-electron chi connectivity index (χ3n) is 1.47. The van der Waals surface area contributed by atoms with Gasteiger partial charge in [-0.2, -0.15) is 0 Å². The lowest BCUT2D eigenvalue weighted by atomic mass is 10.4. The molecule has 1 aromatic heterocycles. The molecule has 0 N–H and O–H groups in total. The molecule has 0 aliphatic carbocycles. The van der Waals surface area contributed by atoms with Crippen molar-refractivity contribution in [2.24, 2.45) is 0 Å². The molecule has 0 aromatic carbocycles. The Morgan fingerprint density at radius 1 is 1.45 bits per heavy atom. The molecule has 3 nitrogen and oxygen atoms in total. The van der Waals surface area contributed by atoms with E-state index in [1.807, 2.05) is 25.1 Å². The van der Waals surface area contributed by atoms with Gasteiger partial charge in [0.2, 0.25) is 0 Å². The van der Waals surface area contributed by atoms with Gasteiger partial charge in [-0.15, -0.1) is 0 Å². The summed E-state index contributed by atoms with van der Waals surface area (Å²) in [5.41, 5.74) is 0. The average molecular weight is 151 g/mol. The highest BCUT2D eigenvalue weighted by atomic mass is 15.1. The van der Waals surface area contributed by atoms with E-state index < -0.39 is 0 Å². The molecule has 1 heterocycles. The molecule has 0 fully saturated rings. The van der Waals surface area contributed by atoms with Gasteiger partial charge in [-0.05, 0) is 6.07 Å². The fraction of sp³-hybridized carbons (Fsp3) is 0.500. The van der Waals surface area contributed by atoms with E-state index in [4.69, 9.17) is 0 Å². The summed E-state index contributed by atoms with van der Waals surface area (Å²) in [6.07, 6.45) is 2.68. The minimum atomic E-state index is 0.891. The predicted molar refractivity (Wildman–Crippen MR) is 45.7 cm³/mol. The number of rotatable bonds is 2. The molecule has 0 saturated carbocycles. The number of anilines is 1. The van der Waals surface area contributed by atoms with Gasteiger partial charge in [0, 0.05) is 26.7 Å². The topological polar surface area (TPSA) is 29.0 Å². The molecule has 3 heteroatoms. The Kier molecular flexibility index (Phi) is 2.41. The van der Waals surface area contributed by atoms with Gasteiger partial charge in [-0.25, -0.2) is 9.97 Å². The van der Waals surface area contributed by atoms with Crippen LogP contribution in [0.15, 0.2) is 12.3 Å². The first-order chi connectivity index (χ1) is 5.24. The van der Waals surface area contributed by atoms with Crippen molar-refractivity contribution in [3.8, 4) is 0 Å². The van der Waals surface area contributed by atoms with Crippen LogP contribution in [0, 0.1) is 0 Å². The van der Waals surface area contributed by atoms with Crippen molar-refractivity contribution in [3.63, 3.8) is 0 Å². The maximum Gasteiger partial charge on any atom is 0.131 e. The van der Waals surface area contributed by atoms with Crippen LogP contribution in [0.3, 0.4) is 0 Å². The van der Waals surface area contributed by atoms with Gasteiger partial charge in [-0.1, -0.05) is 6.92 Å².